The SMILES string of the molecule is CNC(=O)[C@@H](NC(=O)c1nc(-c2cccc(C#N)c2)n2c1CN(C)CCC2)C(C)(C)C. The third-order valence-electron chi connectivity index (χ3n) is 5.53. The van der Waals surface area contributed by atoms with Crippen LogP contribution < -0.4 is 10.6 Å². The highest BCUT2D eigenvalue weighted by Crippen LogP contribution is 2.27. The molecule has 8 heteroatoms. The summed E-state index contributed by atoms with van der Waals surface area (Å²) in [5, 5.41) is 14.8. The number of aromatic nitrogens is 2. The molecule has 0 radical (unpaired) electrons. The van der Waals surface area contributed by atoms with Gasteiger partial charge in [0, 0.05) is 25.7 Å². The second-order valence-electron chi connectivity index (χ2n) is 9.05. The van der Waals surface area contributed by atoms with Crippen LogP contribution in [0.4, 0.5) is 0 Å². The normalized spacial score (nSPS) is 15.4. The lowest BCUT2D eigenvalue weighted by molar-refractivity contribution is -0.124. The summed E-state index contributed by atoms with van der Waals surface area (Å²) >= 11 is 0. The Hall–Kier alpha value is -3.18. The van der Waals surface area contributed by atoms with Crippen LogP contribution in [0.3, 0.4) is 0 Å². The van der Waals surface area contributed by atoms with Gasteiger partial charge in [-0.15, -0.1) is 0 Å². The molecule has 8 nitrogen and oxygen atoms in total. The van der Waals surface area contributed by atoms with Gasteiger partial charge in [0.1, 0.15) is 11.9 Å². The quantitative estimate of drug-likeness (QED) is 0.786. The Bertz CT molecular complexity index is 1030. The first-order chi connectivity index (χ1) is 14.7. The molecule has 0 bridgehead atoms. The van der Waals surface area contributed by atoms with Crippen molar-refractivity contribution in [3.05, 3.63) is 41.2 Å². The molecule has 0 unspecified atom stereocenters. The molecule has 31 heavy (non-hydrogen) atoms. The molecule has 164 valence electrons. The predicted octanol–water partition coefficient (Wildman–Crippen LogP) is 2.15. The summed E-state index contributed by atoms with van der Waals surface area (Å²) in [4.78, 5) is 32.6. The van der Waals surface area contributed by atoms with Crippen molar-refractivity contribution in [2.24, 2.45) is 5.41 Å². The monoisotopic (exact) mass is 422 g/mol. The lowest BCUT2D eigenvalue weighted by Gasteiger charge is -2.29. The molecule has 0 spiro atoms. The number of rotatable bonds is 4. The van der Waals surface area contributed by atoms with Gasteiger partial charge in [-0.2, -0.15) is 5.26 Å². The molecule has 2 amide bonds. The van der Waals surface area contributed by atoms with E-state index in [1.807, 2.05) is 40.0 Å². The minimum atomic E-state index is -0.698. The molecule has 1 aliphatic heterocycles. The zero-order chi connectivity index (χ0) is 22.8. The Morgan fingerprint density at radius 1 is 1.26 bits per heavy atom. The molecule has 3 rings (SSSR count). The van der Waals surface area contributed by atoms with E-state index in [0.717, 1.165) is 30.8 Å². The van der Waals surface area contributed by atoms with E-state index < -0.39 is 11.5 Å². The van der Waals surface area contributed by atoms with Crippen LogP contribution in [0.2, 0.25) is 0 Å². The standard InChI is InChI=1S/C23H30N6O2/c1-23(2,3)19(22(31)25-4)27-21(30)18-17-14-28(5)10-7-11-29(17)20(26-18)16-9-6-8-15(12-16)13-24/h6,8-9,12,19H,7,10-11,14H2,1-5H3,(H,25,31)(H,27,30)/t19-/m1/s1. The number of hydrogen-bond donors (Lipinski definition) is 2. The maximum atomic E-state index is 13.3. The zero-order valence-corrected chi connectivity index (χ0v) is 18.8. The number of benzene rings is 1. The first-order valence-electron chi connectivity index (χ1n) is 10.5. The molecule has 1 atom stereocenters. The molecular formula is C23H30N6O2. The minimum absolute atomic E-state index is 0.245. The molecule has 1 aromatic carbocycles. The van der Waals surface area contributed by atoms with E-state index in [1.165, 1.54) is 0 Å². The molecule has 2 N–H and O–H groups in total. The molecule has 2 heterocycles. The number of likely N-dealkylation sites (N-methyl/N-ethyl adjacent to an activating group) is 1. The molecule has 0 saturated carbocycles. The van der Waals surface area contributed by atoms with Gasteiger partial charge in [-0.05, 0) is 37.6 Å². The largest absolute Gasteiger partial charge is 0.357 e. The smallest absolute Gasteiger partial charge is 0.272 e. The van der Waals surface area contributed by atoms with E-state index >= 15 is 0 Å². The van der Waals surface area contributed by atoms with Crippen molar-refractivity contribution in [3.8, 4) is 17.5 Å². The highest BCUT2D eigenvalue weighted by atomic mass is 16.2. The van der Waals surface area contributed by atoms with Gasteiger partial charge in [-0.1, -0.05) is 32.9 Å². The van der Waals surface area contributed by atoms with Crippen LogP contribution >= 0.6 is 0 Å². The fraction of sp³-hybridized carbons (Fsp3) is 0.478. The van der Waals surface area contributed by atoms with E-state index in [9.17, 15) is 14.9 Å². The summed E-state index contributed by atoms with van der Waals surface area (Å²) in [6.07, 6.45) is 0.925. The van der Waals surface area contributed by atoms with Gasteiger partial charge in [-0.3, -0.25) is 9.59 Å². The maximum absolute atomic E-state index is 13.3. The number of nitrogens with one attached hydrogen (secondary N) is 2. The number of nitriles is 1. The third kappa shape index (κ3) is 4.78. The van der Waals surface area contributed by atoms with Crippen LogP contribution in [-0.4, -0.2) is 52.9 Å². The van der Waals surface area contributed by atoms with E-state index in [2.05, 4.69) is 26.2 Å². The van der Waals surface area contributed by atoms with Crippen LogP contribution in [-0.2, 0) is 17.9 Å². The van der Waals surface area contributed by atoms with Gasteiger partial charge >= 0.3 is 0 Å². The van der Waals surface area contributed by atoms with Crippen LogP contribution in [0.1, 0.15) is 48.9 Å². The van der Waals surface area contributed by atoms with Crippen molar-refractivity contribution in [3.63, 3.8) is 0 Å². The fourth-order valence-electron chi connectivity index (χ4n) is 3.87. The van der Waals surface area contributed by atoms with Crippen LogP contribution in [0.5, 0.6) is 0 Å². The summed E-state index contributed by atoms with van der Waals surface area (Å²) in [5.41, 5.74) is 2.01. The highest BCUT2D eigenvalue weighted by Gasteiger charge is 2.34. The van der Waals surface area contributed by atoms with Gasteiger partial charge in [0.25, 0.3) is 5.91 Å². The van der Waals surface area contributed by atoms with Gasteiger partial charge < -0.3 is 20.1 Å². The van der Waals surface area contributed by atoms with Crippen molar-refractivity contribution in [2.75, 3.05) is 20.6 Å². The summed E-state index contributed by atoms with van der Waals surface area (Å²) < 4.78 is 2.07. The number of fused-ring (bicyclic) bond motifs is 1. The van der Waals surface area contributed by atoms with Crippen LogP contribution in [0, 0.1) is 16.7 Å². The van der Waals surface area contributed by atoms with Gasteiger partial charge in [0.15, 0.2) is 5.69 Å². The molecule has 0 saturated heterocycles. The minimum Gasteiger partial charge on any atom is -0.357 e. The van der Waals surface area contributed by atoms with Crippen LogP contribution in [0.15, 0.2) is 24.3 Å². The zero-order valence-electron chi connectivity index (χ0n) is 18.8. The number of hydrogen-bond acceptors (Lipinski definition) is 5. The lowest BCUT2D eigenvalue weighted by atomic mass is 9.86. The number of carbonyl (C=O) groups excluding carboxylic acids is 2. The molecule has 2 aromatic rings. The van der Waals surface area contributed by atoms with E-state index in [1.54, 1.807) is 19.2 Å². The highest BCUT2D eigenvalue weighted by molar-refractivity contribution is 5.97. The molecule has 0 aliphatic carbocycles. The van der Waals surface area contributed by atoms with E-state index in [-0.39, 0.29) is 11.8 Å². The average molecular weight is 423 g/mol. The predicted molar refractivity (Wildman–Crippen MR) is 118 cm³/mol. The summed E-state index contributed by atoms with van der Waals surface area (Å²) in [6.45, 7) is 7.94. The number of imidazole rings is 1. The average Bonchev–Trinajstić information content (AvgIpc) is 2.97. The fourth-order valence-corrected chi connectivity index (χ4v) is 3.87. The molecule has 1 aromatic heterocycles. The van der Waals surface area contributed by atoms with Crippen LogP contribution in [0.25, 0.3) is 11.4 Å². The number of amides is 2. The third-order valence-corrected chi connectivity index (χ3v) is 5.53. The van der Waals surface area contributed by atoms with Gasteiger partial charge in [0.05, 0.1) is 17.3 Å². The Labute approximate surface area is 183 Å². The van der Waals surface area contributed by atoms with Crippen molar-refractivity contribution in [1.29, 1.82) is 5.26 Å². The lowest BCUT2D eigenvalue weighted by Crippen LogP contribution is -2.53. The number of carbonyl (C=O) groups is 2. The molecule has 0 fully saturated rings. The van der Waals surface area contributed by atoms with Crippen molar-refractivity contribution in [1.82, 2.24) is 25.1 Å². The maximum Gasteiger partial charge on any atom is 0.272 e. The Morgan fingerprint density at radius 3 is 2.65 bits per heavy atom. The second kappa shape index (κ2) is 8.90. The topological polar surface area (TPSA) is 103 Å². The van der Waals surface area contributed by atoms with Gasteiger partial charge in [0.2, 0.25) is 5.91 Å². The summed E-state index contributed by atoms with van der Waals surface area (Å²) in [6, 6.07) is 8.71. The van der Waals surface area contributed by atoms with E-state index in [0.29, 0.717) is 23.6 Å². The van der Waals surface area contributed by atoms with Crippen molar-refractivity contribution >= 4 is 11.8 Å². The van der Waals surface area contributed by atoms with E-state index in [4.69, 9.17) is 4.98 Å². The first kappa shape index (κ1) is 22.5. The Balaban J connectivity index is 2.07. The van der Waals surface area contributed by atoms with Crippen molar-refractivity contribution in [2.45, 2.75) is 46.3 Å². The van der Waals surface area contributed by atoms with Crippen molar-refractivity contribution < 1.29 is 9.59 Å². The molecule has 1 aliphatic rings. The molecular weight excluding hydrogens is 392 g/mol. The Morgan fingerprint density at radius 2 is 2.00 bits per heavy atom. The first-order valence-corrected chi connectivity index (χ1v) is 10.5. The number of nitrogens with zero attached hydrogens (tertiary/aromatic N) is 4. The summed E-state index contributed by atoms with van der Waals surface area (Å²) in [7, 11) is 3.58. The Kier molecular flexibility index (Phi) is 6.46. The van der Waals surface area contributed by atoms with Gasteiger partial charge in [-0.25, -0.2) is 4.98 Å². The second-order valence-corrected chi connectivity index (χ2v) is 9.05. The summed E-state index contributed by atoms with van der Waals surface area (Å²) in [5.74, 6) is 0.0512.